The van der Waals surface area contributed by atoms with Crippen LogP contribution in [0.15, 0.2) is 36.4 Å². The molecule has 1 fully saturated rings. The predicted octanol–water partition coefficient (Wildman–Crippen LogP) is 2.29. The number of amides is 2. The molecule has 0 aromatic heterocycles. The van der Waals surface area contributed by atoms with Crippen molar-refractivity contribution >= 4 is 11.8 Å². The Labute approximate surface area is 130 Å². The second kappa shape index (κ2) is 5.27. The second-order valence-electron chi connectivity index (χ2n) is 6.58. The maximum absolute atomic E-state index is 12.6. The number of allylic oxidation sites excluding steroid dienone is 2. The van der Waals surface area contributed by atoms with Gasteiger partial charge in [-0.05, 0) is 36.3 Å². The van der Waals surface area contributed by atoms with E-state index in [1.165, 1.54) is 0 Å². The molecular weight excluding hydrogens is 276 g/mol. The molecule has 4 nitrogen and oxygen atoms in total. The molecule has 22 heavy (non-hydrogen) atoms. The molecular formula is C18H20N2O2. The first-order valence-corrected chi connectivity index (χ1v) is 8.05. The normalized spacial score (nSPS) is 29.2. The summed E-state index contributed by atoms with van der Waals surface area (Å²) in [6.07, 6.45) is 7.04. The number of carbonyl (C=O) groups excluding carboxylic acids is 2. The number of nitrogens with one attached hydrogen (secondary N) is 1. The van der Waals surface area contributed by atoms with E-state index in [0.717, 1.165) is 31.5 Å². The van der Waals surface area contributed by atoms with Crippen molar-refractivity contribution in [3.05, 3.63) is 47.5 Å². The molecule has 4 heteroatoms. The standard InChI is InChI=1S/C18H20N2O2/c21-17(20-10-12-5-1-2-6-13(12)11-20)9-16-14-7-3-4-8-15(14)18(22)19-16/h1-4,7-8,12-13,16H,5-6,9-11H2,(H,19,22)/t12-,13+,16-/m0/s1. The third-order valence-electron chi connectivity index (χ3n) is 5.24. The highest BCUT2D eigenvalue weighted by atomic mass is 16.2. The molecule has 2 amide bonds. The summed E-state index contributed by atoms with van der Waals surface area (Å²) in [6, 6.07) is 7.38. The first-order valence-electron chi connectivity index (χ1n) is 8.05. The molecule has 4 rings (SSSR count). The zero-order chi connectivity index (χ0) is 15.1. The molecule has 1 N–H and O–H groups in total. The average molecular weight is 296 g/mol. The molecule has 3 atom stereocenters. The van der Waals surface area contributed by atoms with Crippen molar-refractivity contribution in [2.75, 3.05) is 13.1 Å². The fraction of sp³-hybridized carbons (Fsp3) is 0.444. The lowest BCUT2D eigenvalue weighted by Gasteiger charge is -2.19. The molecule has 2 heterocycles. The molecule has 1 aliphatic carbocycles. The first-order chi connectivity index (χ1) is 10.7. The van der Waals surface area contributed by atoms with Crippen molar-refractivity contribution in [2.24, 2.45) is 11.8 Å². The summed E-state index contributed by atoms with van der Waals surface area (Å²) in [6.45, 7) is 1.74. The molecule has 1 aromatic carbocycles. The highest BCUT2D eigenvalue weighted by molar-refractivity contribution is 5.99. The van der Waals surface area contributed by atoms with Crippen molar-refractivity contribution in [1.82, 2.24) is 10.2 Å². The highest BCUT2D eigenvalue weighted by Crippen LogP contribution is 2.34. The van der Waals surface area contributed by atoms with Crippen LogP contribution in [0.3, 0.4) is 0 Å². The van der Waals surface area contributed by atoms with Crippen molar-refractivity contribution in [1.29, 1.82) is 0 Å². The van der Waals surface area contributed by atoms with Gasteiger partial charge in [0.1, 0.15) is 0 Å². The van der Waals surface area contributed by atoms with E-state index < -0.39 is 0 Å². The van der Waals surface area contributed by atoms with Gasteiger partial charge in [-0.1, -0.05) is 30.4 Å². The maximum atomic E-state index is 12.6. The van der Waals surface area contributed by atoms with Gasteiger partial charge in [-0.25, -0.2) is 0 Å². The molecule has 3 aliphatic rings. The zero-order valence-electron chi connectivity index (χ0n) is 12.5. The van der Waals surface area contributed by atoms with E-state index in [1.807, 2.05) is 29.2 Å². The zero-order valence-corrected chi connectivity index (χ0v) is 12.5. The Bertz CT molecular complexity index is 636. The number of rotatable bonds is 2. The molecule has 2 aliphatic heterocycles. The van der Waals surface area contributed by atoms with Gasteiger partial charge in [-0.15, -0.1) is 0 Å². The average Bonchev–Trinajstić information content (AvgIpc) is 3.10. The van der Waals surface area contributed by atoms with Gasteiger partial charge in [0.2, 0.25) is 5.91 Å². The van der Waals surface area contributed by atoms with Gasteiger partial charge < -0.3 is 10.2 Å². The molecule has 1 aromatic rings. The number of benzene rings is 1. The van der Waals surface area contributed by atoms with Gasteiger partial charge in [0.15, 0.2) is 0 Å². The molecule has 0 unspecified atom stereocenters. The van der Waals surface area contributed by atoms with Crippen LogP contribution in [0.4, 0.5) is 0 Å². The van der Waals surface area contributed by atoms with E-state index in [0.29, 0.717) is 23.8 Å². The number of carbonyl (C=O) groups is 2. The third kappa shape index (κ3) is 2.23. The molecule has 0 bridgehead atoms. The lowest BCUT2D eigenvalue weighted by Crippen LogP contribution is -2.32. The lowest BCUT2D eigenvalue weighted by molar-refractivity contribution is -0.130. The molecule has 0 saturated carbocycles. The largest absolute Gasteiger partial charge is 0.345 e. The summed E-state index contributed by atoms with van der Waals surface area (Å²) in [4.78, 5) is 26.6. The van der Waals surface area contributed by atoms with E-state index in [-0.39, 0.29) is 17.9 Å². The predicted molar refractivity (Wildman–Crippen MR) is 83.2 cm³/mol. The van der Waals surface area contributed by atoms with Crippen LogP contribution in [0.25, 0.3) is 0 Å². The van der Waals surface area contributed by atoms with Crippen LogP contribution in [0, 0.1) is 11.8 Å². The minimum absolute atomic E-state index is 0.0623. The van der Waals surface area contributed by atoms with Gasteiger partial charge in [0, 0.05) is 18.7 Å². The highest BCUT2D eigenvalue weighted by Gasteiger charge is 2.37. The van der Waals surface area contributed by atoms with Gasteiger partial charge >= 0.3 is 0 Å². The van der Waals surface area contributed by atoms with Crippen LogP contribution < -0.4 is 5.32 Å². The number of hydrogen-bond donors (Lipinski definition) is 1. The smallest absolute Gasteiger partial charge is 0.252 e. The SMILES string of the molecule is O=C1N[C@@H](CC(=O)N2C[C@H]3CC=CC[C@H]3C2)c2ccccc21. The summed E-state index contributed by atoms with van der Waals surface area (Å²) in [7, 11) is 0. The summed E-state index contributed by atoms with van der Waals surface area (Å²) >= 11 is 0. The Kier molecular flexibility index (Phi) is 3.25. The third-order valence-corrected chi connectivity index (χ3v) is 5.24. The van der Waals surface area contributed by atoms with Gasteiger partial charge in [-0.3, -0.25) is 9.59 Å². The quantitative estimate of drug-likeness (QED) is 0.851. The topological polar surface area (TPSA) is 49.4 Å². The summed E-state index contributed by atoms with van der Waals surface area (Å²) in [5.74, 6) is 1.35. The maximum Gasteiger partial charge on any atom is 0.252 e. The fourth-order valence-electron chi connectivity index (χ4n) is 4.00. The van der Waals surface area contributed by atoms with Gasteiger partial charge in [0.25, 0.3) is 5.91 Å². The van der Waals surface area contributed by atoms with E-state index in [9.17, 15) is 9.59 Å². The van der Waals surface area contributed by atoms with E-state index in [1.54, 1.807) is 0 Å². The van der Waals surface area contributed by atoms with Gasteiger partial charge in [0.05, 0.1) is 12.5 Å². The van der Waals surface area contributed by atoms with Crippen molar-refractivity contribution in [2.45, 2.75) is 25.3 Å². The Morgan fingerprint density at radius 1 is 1.14 bits per heavy atom. The van der Waals surface area contributed by atoms with Crippen molar-refractivity contribution in [3.8, 4) is 0 Å². The second-order valence-corrected chi connectivity index (χ2v) is 6.58. The monoisotopic (exact) mass is 296 g/mol. The van der Waals surface area contributed by atoms with Crippen LogP contribution in [-0.2, 0) is 4.79 Å². The van der Waals surface area contributed by atoms with Crippen molar-refractivity contribution in [3.63, 3.8) is 0 Å². The van der Waals surface area contributed by atoms with E-state index in [4.69, 9.17) is 0 Å². The number of nitrogens with zero attached hydrogens (tertiary/aromatic N) is 1. The minimum atomic E-state index is -0.169. The Balaban J connectivity index is 1.44. The van der Waals surface area contributed by atoms with Crippen LogP contribution in [-0.4, -0.2) is 29.8 Å². The lowest BCUT2D eigenvalue weighted by atomic mass is 9.86. The van der Waals surface area contributed by atoms with Crippen LogP contribution in [0.1, 0.15) is 41.2 Å². The molecule has 0 spiro atoms. The number of fused-ring (bicyclic) bond motifs is 2. The van der Waals surface area contributed by atoms with E-state index >= 15 is 0 Å². The Hall–Kier alpha value is -2.10. The summed E-state index contributed by atoms with van der Waals surface area (Å²) < 4.78 is 0. The molecule has 1 saturated heterocycles. The van der Waals surface area contributed by atoms with Gasteiger partial charge in [-0.2, -0.15) is 0 Å². The van der Waals surface area contributed by atoms with Crippen LogP contribution >= 0.6 is 0 Å². The minimum Gasteiger partial charge on any atom is -0.345 e. The number of likely N-dealkylation sites (tertiary alicyclic amines) is 1. The molecule has 114 valence electrons. The fourth-order valence-corrected chi connectivity index (χ4v) is 4.00. The first kappa shape index (κ1) is 13.6. The molecule has 0 radical (unpaired) electrons. The Morgan fingerprint density at radius 3 is 2.55 bits per heavy atom. The van der Waals surface area contributed by atoms with Crippen molar-refractivity contribution < 1.29 is 9.59 Å². The van der Waals surface area contributed by atoms with Crippen LogP contribution in [0.5, 0.6) is 0 Å². The number of hydrogen-bond acceptors (Lipinski definition) is 2. The summed E-state index contributed by atoms with van der Waals surface area (Å²) in [5.41, 5.74) is 1.67. The Morgan fingerprint density at radius 2 is 1.82 bits per heavy atom. The van der Waals surface area contributed by atoms with Crippen LogP contribution in [0.2, 0.25) is 0 Å². The summed E-state index contributed by atoms with van der Waals surface area (Å²) in [5, 5.41) is 2.94. The van der Waals surface area contributed by atoms with E-state index in [2.05, 4.69) is 17.5 Å².